The summed E-state index contributed by atoms with van der Waals surface area (Å²) in [5.41, 5.74) is 2.54. The molecule has 1 atom stereocenters. The van der Waals surface area contributed by atoms with E-state index < -0.39 is 6.03 Å². The molecule has 27 heavy (non-hydrogen) atoms. The number of benzene rings is 2. The van der Waals surface area contributed by atoms with E-state index in [1.165, 1.54) is 23.5 Å². The number of carbonyl (C=O) groups excluding carboxylic acids is 2. The van der Waals surface area contributed by atoms with Crippen LogP contribution in [-0.2, 0) is 4.79 Å². The van der Waals surface area contributed by atoms with Gasteiger partial charge in [0.2, 0.25) is 5.91 Å². The Bertz CT molecular complexity index is 1020. The average Bonchev–Trinajstić information content (AvgIpc) is 3.19. The van der Waals surface area contributed by atoms with E-state index in [1.807, 2.05) is 25.1 Å². The van der Waals surface area contributed by atoms with Gasteiger partial charge in [-0.3, -0.25) is 10.1 Å². The molecule has 2 heterocycles. The van der Waals surface area contributed by atoms with Gasteiger partial charge in [0.25, 0.3) is 0 Å². The van der Waals surface area contributed by atoms with E-state index in [-0.39, 0.29) is 24.2 Å². The van der Waals surface area contributed by atoms with Crippen molar-refractivity contribution in [3.63, 3.8) is 0 Å². The van der Waals surface area contributed by atoms with Crippen molar-refractivity contribution < 1.29 is 14.0 Å². The van der Waals surface area contributed by atoms with Crippen LogP contribution in [0.3, 0.4) is 0 Å². The fourth-order valence-corrected chi connectivity index (χ4v) is 4.07. The molecule has 3 aromatic rings. The van der Waals surface area contributed by atoms with Crippen LogP contribution in [-0.4, -0.2) is 29.5 Å². The van der Waals surface area contributed by atoms with Gasteiger partial charge in [-0.05, 0) is 42.8 Å². The smallest absolute Gasteiger partial charge is 0.321 e. The van der Waals surface area contributed by atoms with Crippen molar-refractivity contribution >= 4 is 44.3 Å². The summed E-state index contributed by atoms with van der Waals surface area (Å²) in [6, 6.07) is 10.9. The molecule has 138 valence electrons. The molecule has 6 nitrogen and oxygen atoms in total. The van der Waals surface area contributed by atoms with Crippen molar-refractivity contribution in [2.24, 2.45) is 0 Å². The van der Waals surface area contributed by atoms with Gasteiger partial charge in [-0.15, -0.1) is 0 Å². The molecule has 2 aromatic carbocycles. The second kappa shape index (κ2) is 6.96. The zero-order chi connectivity index (χ0) is 19.0. The molecule has 0 aliphatic carbocycles. The average molecular weight is 384 g/mol. The summed E-state index contributed by atoms with van der Waals surface area (Å²) in [6.07, 6.45) is 0.198. The maximum absolute atomic E-state index is 13.1. The number of fused-ring (bicyclic) bond motifs is 1. The lowest BCUT2D eigenvalue weighted by molar-refractivity contribution is -0.117. The third kappa shape index (κ3) is 3.61. The van der Waals surface area contributed by atoms with E-state index in [1.54, 1.807) is 17.0 Å². The highest BCUT2D eigenvalue weighted by molar-refractivity contribution is 7.22. The Morgan fingerprint density at radius 2 is 2.04 bits per heavy atom. The number of thiazole rings is 1. The summed E-state index contributed by atoms with van der Waals surface area (Å²) in [5, 5.41) is 6.06. The second-order valence-corrected chi connectivity index (χ2v) is 7.45. The number of nitrogens with zero attached hydrogens (tertiary/aromatic N) is 2. The predicted molar refractivity (Wildman–Crippen MR) is 104 cm³/mol. The summed E-state index contributed by atoms with van der Waals surface area (Å²) in [5.74, 6) is -0.465. The van der Waals surface area contributed by atoms with Gasteiger partial charge in [-0.2, -0.15) is 0 Å². The molecule has 4 rings (SSSR count). The van der Waals surface area contributed by atoms with Crippen LogP contribution < -0.4 is 15.5 Å². The molecule has 1 aromatic heterocycles. The van der Waals surface area contributed by atoms with Gasteiger partial charge in [-0.1, -0.05) is 23.5 Å². The number of aromatic nitrogens is 1. The number of urea groups is 1. The molecule has 3 amide bonds. The lowest BCUT2D eigenvalue weighted by Gasteiger charge is -2.17. The molecule has 1 aliphatic heterocycles. The van der Waals surface area contributed by atoms with Crippen molar-refractivity contribution in [2.45, 2.75) is 19.4 Å². The molecule has 2 N–H and O–H groups in total. The third-order valence-corrected chi connectivity index (χ3v) is 5.38. The Hall–Kier alpha value is -3.00. The molecular formula is C19H17FN4O2S. The molecule has 8 heteroatoms. The van der Waals surface area contributed by atoms with Crippen molar-refractivity contribution in [3.05, 3.63) is 53.8 Å². The van der Waals surface area contributed by atoms with E-state index in [2.05, 4.69) is 15.6 Å². The number of halogens is 1. The molecule has 1 aliphatic rings. The first-order chi connectivity index (χ1) is 13.0. The van der Waals surface area contributed by atoms with Crippen LogP contribution >= 0.6 is 11.3 Å². The number of para-hydroxylation sites is 1. The molecule has 1 saturated heterocycles. The van der Waals surface area contributed by atoms with Gasteiger partial charge < -0.3 is 10.2 Å². The molecule has 0 unspecified atom stereocenters. The molecule has 1 fully saturated rings. The standard InChI is InChI=1S/C19H17FN4O2S/c1-11-3-2-4-15-17(11)22-19(27-15)23-18(26)21-13-9-16(25)24(10-13)14-7-5-12(20)6-8-14/h2-8,13H,9-10H2,1H3,(H2,21,22,23,26)/t13-/m0/s1. The van der Waals surface area contributed by atoms with E-state index >= 15 is 0 Å². The summed E-state index contributed by atoms with van der Waals surface area (Å²) in [4.78, 5) is 30.5. The van der Waals surface area contributed by atoms with Crippen LogP contribution in [0.2, 0.25) is 0 Å². The van der Waals surface area contributed by atoms with Crippen LogP contribution in [0.15, 0.2) is 42.5 Å². The Balaban J connectivity index is 1.40. The van der Waals surface area contributed by atoms with Gasteiger partial charge in [0.05, 0.1) is 16.3 Å². The third-order valence-electron chi connectivity index (χ3n) is 4.44. The lowest BCUT2D eigenvalue weighted by atomic mass is 10.2. The highest BCUT2D eigenvalue weighted by atomic mass is 32.1. The predicted octanol–water partition coefficient (Wildman–Crippen LogP) is 3.67. The first-order valence-electron chi connectivity index (χ1n) is 8.49. The summed E-state index contributed by atoms with van der Waals surface area (Å²) >= 11 is 1.40. The van der Waals surface area contributed by atoms with E-state index in [0.717, 1.165) is 15.8 Å². The Kier molecular flexibility index (Phi) is 4.49. The van der Waals surface area contributed by atoms with Crippen molar-refractivity contribution in [2.75, 3.05) is 16.8 Å². The minimum Gasteiger partial charge on any atom is -0.333 e. The number of carbonyl (C=O) groups is 2. The molecule has 0 saturated carbocycles. The topological polar surface area (TPSA) is 74.3 Å². The minimum absolute atomic E-state index is 0.109. The number of nitrogens with one attached hydrogen (secondary N) is 2. The summed E-state index contributed by atoms with van der Waals surface area (Å²) in [7, 11) is 0. The zero-order valence-electron chi connectivity index (χ0n) is 14.5. The number of amides is 3. The van der Waals surface area contributed by atoms with Crippen LogP contribution in [0.5, 0.6) is 0 Å². The number of hydrogen-bond donors (Lipinski definition) is 2. The summed E-state index contributed by atoms with van der Waals surface area (Å²) in [6.45, 7) is 2.32. The Labute approximate surface area is 159 Å². The molecule has 0 spiro atoms. The van der Waals surface area contributed by atoms with Gasteiger partial charge in [0.1, 0.15) is 5.82 Å². The fraction of sp³-hybridized carbons (Fsp3) is 0.211. The van der Waals surface area contributed by atoms with Gasteiger partial charge in [-0.25, -0.2) is 14.2 Å². The van der Waals surface area contributed by atoms with Crippen LogP contribution in [0.4, 0.5) is 20.0 Å². The van der Waals surface area contributed by atoms with Crippen LogP contribution in [0.1, 0.15) is 12.0 Å². The Morgan fingerprint density at radius 3 is 2.78 bits per heavy atom. The van der Waals surface area contributed by atoms with E-state index in [9.17, 15) is 14.0 Å². The van der Waals surface area contributed by atoms with Crippen molar-refractivity contribution in [1.29, 1.82) is 0 Å². The largest absolute Gasteiger partial charge is 0.333 e. The number of rotatable bonds is 3. The van der Waals surface area contributed by atoms with E-state index in [4.69, 9.17) is 0 Å². The molecular weight excluding hydrogens is 367 g/mol. The fourth-order valence-electron chi connectivity index (χ4n) is 3.13. The monoisotopic (exact) mass is 384 g/mol. The normalized spacial score (nSPS) is 16.7. The highest BCUT2D eigenvalue weighted by Gasteiger charge is 2.31. The maximum atomic E-state index is 13.1. The second-order valence-electron chi connectivity index (χ2n) is 6.42. The maximum Gasteiger partial charge on any atom is 0.321 e. The SMILES string of the molecule is Cc1cccc2sc(NC(=O)N[C@H]3CC(=O)N(c4ccc(F)cc4)C3)nc12. The minimum atomic E-state index is -0.398. The number of aryl methyl sites for hydroxylation is 1. The van der Waals surface area contributed by atoms with Crippen molar-refractivity contribution in [1.82, 2.24) is 10.3 Å². The van der Waals surface area contributed by atoms with Gasteiger partial charge in [0, 0.05) is 18.7 Å². The molecule has 0 radical (unpaired) electrons. The highest BCUT2D eigenvalue weighted by Crippen LogP contribution is 2.28. The van der Waals surface area contributed by atoms with Gasteiger partial charge in [0.15, 0.2) is 5.13 Å². The number of anilines is 2. The quantitative estimate of drug-likeness (QED) is 0.724. The summed E-state index contributed by atoms with van der Waals surface area (Å²) < 4.78 is 14.1. The first-order valence-corrected chi connectivity index (χ1v) is 9.31. The zero-order valence-corrected chi connectivity index (χ0v) is 15.3. The lowest BCUT2D eigenvalue weighted by Crippen LogP contribution is -2.39. The van der Waals surface area contributed by atoms with Crippen LogP contribution in [0.25, 0.3) is 10.2 Å². The number of hydrogen-bond acceptors (Lipinski definition) is 4. The first kappa shape index (κ1) is 17.4. The molecule has 0 bridgehead atoms. The van der Waals surface area contributed by atoms with Crippen molar-refractivity contribution in [3.8, 4) is 0 Å². The van der Waals surface area contributed by atoms with E-state index in [0.29, 0.717) is 17.4 Å². The van der Waals surface area contributed by atoms with Crippen LogP contribution in [0, 0.1) is 12.7 Å². The van der Waals surface area contributed by atoms with Gasteiger partial charge >= 0.3 is 6.03 Å². The Morgan fingerprint density at radius 1 is 1.26 bits per heavy atom.